The van der Waals surface area contributed by atoms with Gasteiger partial charge in [0.1, 0.15) is 17.4 Å². The fourth-order valence-electron chi connectivity index (χ4n) is 3.05. The van der Waals surface area contributed by atoms with Crippen molar-refractivity contribution in [3.05, 3.63) is 40.2 Å². The molecular weight excluding hydrogens is 412 g/mol. The predicted octanol–water partition coefficient (Wildman–Crippen LogP) is 2.32. The van der Waals surface area contributed by atoms with Crippen LogP contribution in [0.15, 0.2) is 34.5 Å². The predicted molar refractivity (Wildman–Crippen MR) is 101 cm³/mol. The third kappa shape index (κ3) is 3.64. The molecule has 0 N–H and O–H groups in total. The van der Waals surface area contributed by atoms with Gasteiger partial charge in [-0.25, -0.2) is 8.42 Å². The van der Waals surface area contributed by atoms with Crippen LogP contribution in [0.3, 0.4) is 0 Å². The minimum absolute atomic E-state index is 0.150. The summed E-state index contributed by atoms with van der Waals surface area (Å²) in [4.78, 5) is 14.4. The van der Waals surface area contributed by atoms with Gasteiger partial charge in [-0.3, -0.25) is 4.79 Å². The van der Waals surface area contributed by atoms with Crippen LogP contribution < -0.4 is 9.47 Å². The van der Waals surface area contributed by atoms with E-state index < -0.39 is 10.0 Å². The lowest BCUT2D eigenvalue weighted by Crippen LogP contribution is -2.50. The first-order valence-electron chi connectivity index (χ1n) is 8.39. The molecule has 144 valence electrons. The number of benzene rings is 1. The van der Waals surface area contributed by atoms with Crippen LogP contribution in [0.4, 0.5) is 0 Å². The number of hydrogen-bond acceptors (Lipinski definition) is 6. The van der Waals surface area contributed by atoms with Gasteiger partial charge in [-0.15, -0.1) is 11.3 Å². The molecule has 0 radical (unpaired) electrons. The number of nitrogens with zero attached hydrogens (tertiary/aromatic N) is 2. The minimum atomic E-state index is -3.57. The first-order valence-corrected chi connectivity index (χ1v) is 11.0. The summed E-state index contributed by atoms with van der Waals surface area (Å²) in [7, 11) is -3.57. The molecule has 10 heteroatoms. The third-order valence-corrected chi connectivity index (χ3v) is 8.05. The summed E-state index contributed by atoms with van der Waals surface area (Å²) >= 11 is 6.89. The van der Waals surface area contributed by atoms with Crippen LogP contribution in [0.5, 0.6) is 11.5 Å². The van der Waals surface area contributed by atoms with Gasteiger partial charge in [-0.05, 0) is 30.3 Å². The number of fused-ring (bicyclic) bond motifs is 1. The Labute approximate surface area is 166 Å². The van der Waals surface area contributed by atoms with Crippen LogP contribution in [0, 0.1) is 0 Å². The molecule has 2 aromatic rings. The Morgan fingerprint density at radius 3 is 2.37 bits per heavy atom. The highest BCUT2D eigenvalue weighted by Gasteiger charge is 2.31. The van der Waals surface area contributed by atoms with Gasteiger partial charge in [0, 0.05) is 31.7 Å². The van der Waals surface area contributed by atoms with Crippen molar-refractivity contribution in [3.8, 4) is 11.5 Å². The molecule has 0 aliphatic carbocycles. The summed E-state index contributed by atoms with van der Waals surface area (Å²) in [6.45, 7) is 2.08. The number of thiophene rings is 1. The lowest BCUT2D eigenvalue weighted by molar-refractivity contribution is 0.0697. The van der Waals surface area contributed by atoms with E-state index in [1.54, 1.807) is 29.2 Å². The number of amides is 1. The normalized spacial score (nSPS) is 17.7. The van der Waals surface area contributed by atoms with E-state index in [9.17, 15) is 13.2 Å². The maximum atomic E-state index is 12.8. The van der Waals surface area contributed by atoms with E-state index in [2.05, 4.69) is 0 Å². The van der Waals surface area contributed by atoms with E-state index in [0.717, 1.165) is 11.3 Å². The largest absolute Gasteiger partial charge is 0.486 e. The highest BCUT2D eigenvalue weighted by molar-refractivity contribution is 7.91. The zero-order chi connectivity index (χ0) is 19.0. The first kappa shape index (κ1) is 18.5. The monoisotopic (exact) mass is 428 g/mol. The van der Waals surface area contributed by atoms with Gasteiger partial charge in [-0.2, -0.15) is 4.31 Å². The molecule has 0 saturated carbocycles. The fourth-order valence-corrected chi connectivity index (χ4v) is 6.11. The average molecular weight is 429 g/mol. The molecule has 1 amide bonds. The Hall–Kier alpha value is -1.81. The Morgan fingerprint density at radius 2 is 1.70 bits per heavy atom. The Balaban J connectivity index is 1.44. The van der Waals surface area contributed by atoms with Gasteiger partial charge >= 0.3 is 0 Å². The van der Waals surface area contributed by atoms with Crippen molar-refractivity contribution < 1.29 is 22.7 Å². The molecule has 2 aliphatic rings. The molecule has 4 rings (SSSR count). The Morgan fingerprint density at radius 1 is 1.00 bits per heavy atom. The van der Waals surface area contributed by atoms with Crippen LogP contribution in [-0.4, -0.2) is 62.9 Å². The molecule has 1 aromatic heterocycles. The Kier molecular flexibility index (Phi) is 5.02. The molecule has 0 unspecified atom stereocenters. The molecule has 0 bridgehead atoms. The maximum Gasteiger partial charge on any atom is 0.254 e. The van der Waals surface area contributed by atoms with Gasteiger partial charge in [0.2, 0.25) is 0 Å². The summed E-state index contributed by atoms with van der Waals surface area (Å²) < 4.78 is 38.3. The van der Waals surface area contributed by atoms with Gasteiger partial charge in [0.15, 0.2) is 11.5 Å². The quantitative estimate of drug-likeness (QED) is 0.749. The van der Waals surface area contributed by atoms with Gasteiger partial charge in [-0.1, -0.05) is 11.6 Å². The number of ether oxygens (including phenoxy) is 2. The van der Waals surface area contributed by atoms with E-state index in [4.69, 9.17) is 21.1 Å². The van der Waals surface area contributed by atoms with Gasteiger partial charge < -0.3 is 14.4 Å². The third-order valence-electron chi connectivity index (χ3n) is 4.46. The lowest BCUT2D eigenvalue weighted by Gasteiger charge is -2.33. The number of piperazine rings is 1. The maximum absolute atomic E-state index is 12.8. The van der Waals surface area contributed by atoms with Crippen molar-refractivity contribution in [1.82, 2.24) is 9.21 Å². The molecule has 0 spiro atoms. The van der Waals surface area contributed by atoms with Crippen molar-refractivity contribution in [1.29, 1.82) is 0 Å². The average Bonchev–Trinajstić information content (AvgIpc) is 3.14. The van der Waals surface area contributed by atoms with Gasteiger partial charge in [0.25, 0.3) is 15.9 Å². The van der Waals surface area contributed by atoms with E-state index in [1.165, 1.54) is 10.4 Å². The summed E-state index contributed by atoms with van der Waals surface area (Å²) in [5.41, 5.74) is 0.501. The number of hydrogen-bond donors (Lipinski definition) is 0. The number of halogens is 1. The zero-order valence-electron chi connectivity index (χ0n) is 14.3. The summed E-state index contributed by atoms with van der Waals surface area (Å²) in [5, 5.41) is 0. The SMILES string of the molecule is O=C(c1ccc2c(c1)OCCO2)N1CCN(S(=O)(=O)c2ccc(Cl)s2)CC1. The smallest absolute Gasteiger partial charge is 0.254 e. The molecule has 0 atom stereocenters. The number of rotatable bonds is 3. The summed E-state index contributed by atoms with van der Waals surface area (Å²) in [6, 6.07) is 8.18. The lowest BCUT2D eigenvalue weighted by atomic mass is 10.1. The van der Waals surface area contributed by atoms with E-state index in [1.807, 2.05) is 0 Å². The van der Waals surface area contributed by atoms with Crippen LogP contribution >= 0.6 is 22.9 Å². The summed E-state index contributed by atoms with van der Waals surface area (Å²) in [5.74, 6) is 1.04. The van der Waals surface area contributed by atoms with Crippen molar-refractivity contribution in [3.63, 3.8) is 0 Å². The summed E-state index contributed by atoms with van der Waals surface area (Å²) in [6.07, 6.45) is 0. The van der Waals surface area contributed by atoms with E-state index in [0.29, 0.717) is 47.7 Å². The first-order chi connectivity index (χ1) is 12.9. The highest BCUT2D eigenvalue weighted by Crippen LogP contribution is 2.32. The van der Waals surface area contributed by atoms with Crippen molar-refractivity contribution in [2.24, 2.45) is 0 Å². The number of carbonyl (C=O) groups is 1. The van der Waals surface area contributed by atoms with Crippen LogP contribution in [0.2, 0.25) is 4.34 Å². The number of carbonyl (C=O) groups excluding carboxylic acids is 1. The molecule has 27 heavy (non-hydrogen) atoms. The second kappa shape index (κ2) is 7.31. The molecule has 3 heterocycles. The molecule has 2 aliphatic heterocycles. The minimum Gasteiger partial charge on any atom is -0.486 e. The molecular formula is C17H17ClN2O5S2. The second-order valence-electron chi connectivity index (χ2n) is 6.11. The molecule has 1 aromatic carbocycles. The molecule has 1 saturated heterocycles. The van der Waals surface area contributed by atoms with Crippen LogP contribution in [-0.2, 0) is 10.0 Å². The van der Waals surface area contributed by atoms with E-state index >= 15 is 0 Å². The van der Waals surface area contributed by atoms with Crippen molar-refractivity contribution >= 4 is 38.9 Å². The van der Waals surface area contributed by atoms with E-state index in [-0.39, 0.29) is 23.2 Å². The fraction of sp³-hybridized carbons (Fsp3) is 0.353. The van der Waals surface area contributed by atoms with Crippen LogP contribution in [0.1, 0.15) is 10.4 Å². The van der Waals surface area contributed by atoms with Crippen molar-refractivity contribution in [2.45, 2.75) is 4.21 Å². The topological polar surface area (TPSA) is 76.2 Å². The zero-order valence-corrected chi connectivity index (χ0v) is 16.6. The Bertz CT molecular complexity index is 967. The highest BCUT2D eigenvalue weighted by atomic mass is 35.5. The molecule has 1 fully saturated rings. The van der Waals surface area contributed by atoms with Crippen molar-refractivity contribution in [2.75, 3.05) is 39.4 Å². The number of sulfonamides is 1. The standard InChI is InChI=1S/C17H17ClN2O5S2/c18-15-3-4-16(26-15)27(22,23)20-7-5-19(6-8-20)17(21)12-1-2-13-14(11-12)25-10-9-24-13/h1-4,11H,5-10H2. The van der Waals surface area contributed by atoms with Crippen LogP contribution in [0.25, 0.3) is 0 Å². The van der Waals surface area contributed by atoms with Gasteiger partial charge in [0.05, 0.1) is 4.34 Å². The second-order valence-corrected chi connectivity index (χ2v) is 9.99. The molecule has 7 nitrogen and oxygen atoms in total.